The van der Waals surface area contributed by atoms with Crippen LogP contribution >= 0.6 is 0 Å². The maximum Gasteiger partial charge on any atom is 0.425 e. The fraction of sp³-hybridized carbons (Fsp3) is 0.231. The van der Waals surface area contributed by atoms with E-state index in [2.05, 4.69) is 15.6 Å². The van der Waals surface area contributed by atoms with E-state index in [1.54, 1.807) is 18.7 Å². The van der Waals surface area contributed by atoms with Gasteiger partial charge in [-0.1, -0.05) is 18.2 Å². The van der Waals surface area contributed by atoms with Gasteiger partial charge in [0, 0.05) is 7.05 Å². The number of hydrogen-bond donors (Lipinski definition) is 2. The van der Waals surface area contributed by atoms with Crippen molar-refractivity contribution in [1.82, 2.24) is 14.8 Å². The predicted molar refractivity (Wildman–Crippen MR) is 74.9 cm³/mol. The molecule has 1 heterocycles. The van der Waals surface area contributed by atoms with Crippen LogP contribution in [0.2, 0.25) is 0 Å². The van der Waals surface area contributed by atoms with E-state index in [0.29, 0.717) is 11.4 Å². The molecule has 7 heteroatoms. The number of carbonyl (C=O) groups is 1. The lowest BCUT2D eigenvalue weighted by Crippen LogP contribution is -2.32. The number of hydrogen-bond acceptors (Lipinski definition) is 4. The first-order valence-electron chi connectivity index (χ1n) is 6.00. The first-order chi connectivity index (χ1) is 9.56. The number of hydrazine groups is 1. The van der Waals surface area contributed by atoms with Crippen LogP contribution < -0.4 is 16.4 Å². The average molecular weight is 276 g/mol. The van der Waals surface area contributed by atoms with E-state index in [4.69, 9.17) is 0 Å². The maximum atomic E-state index is 12.4. The highest BCUT2D eigenvalue weighted by atomic mass is 16.5. The van der Waals surface area contributed by atoms with Gasteiger partial charge < -0.3 is 4.74 Å². The van der Waals surface area contributed by atoms with Gasteiger partial charge in [-0.3, -0.25) is 14.9 Å². The Morgan fingerprint density at radius 3 is 2.50 bits per heavy atom. The van der Waals surface area contributed by atoms with Gasteiger partial charge in [-0.25, -0.2) is 14.9 Å². The van der Waals surface area contributed by atoms with Crippen LogP contribution in [0.4, 0.5) is 10.5 Å². The minimum atomic E-state index is -0.668. The molecule has 0 spiro atoms. The summed E-state index contributed by atoms with van der Waals surface area (Å²) in [6.45, 7) is 1.78. The van der Waals surface area contributed by atoms with Gasteiger partial charge in [0.05, 0.1) is 18.5 Å². The van der Waals surface area contributed by atoms with Gasteiger partial charge in [-0.15, -0.1) is 0 Å². The lowest BCUT2D eigenvalue weighted by atomic mass is 10.3. The summed E-state index contributed by atoms with van der Waals surface area (Å²) < 4.78 is 7.66. The Morgan fingerprint density at radius 2 is 1.90 bits per heavy atom. The molecule has 0 saturated carbocycles. The molecule has 0 unspecified atom stereocenters. The smallest absolute Gasteiger partial charge is 0.425 e. The van der Waals surface area contributed by atoms with Crippen molar-refractivity contribution in [3.8, 4) is 5.69 Å². The number of benzene rings is 1. The molecule has 20 heavy (non-hydrogen) atoms. The third-order valence-corrected chi connectivity index (χ3v) is 3.03. The number of amides is 1. The van der Waals surface area contributed by atoms with Crippen molar-refractivity contribution in [3.05, 3.63) is 46.4 Å². The molecule has 2 N–H and O–H groups in total. The summed E-state index contributed by atoms with van der Waals surface area (Å²) in [5.74, 6) is 0. The van der Waals surface area contributed by atoms with Gasteiger partial charge in [-0.2, -0.15) is 0 Å². The minimum Gasteiger partial charge on any atom is -0.452 e. The SMILES string of the molecule is COC(=O)NNc1c(C)n(C)n(-c2ccccc2)c1=O. The number of ether oxygens (including phenoxy) is 1. The van der Waals surface area contributed by atoms with Gasteiger partial charge in [-0.05, 0) is 19.1 Å². The molecule has 0 aliphatic heterocycles. The van der Waals surface area contributed by atoms with Crippen LogP contribution in [-0.4, -0.2) is 22.6 Å². The first-order valence-corrected chi connectivity index (χ1v) is 6.00. The summed E-state index contributed by atoms with van der Waals surface area (Å²) in [7, 11) is 3.02. The van der Waals surface area contributed by atoms with Crippen LogP contribution in [0.5, 0.6) is 0 Å². The van der Waals surface area contributed by atoms with Crippen molar-refractivity contribution >= 4 is 11.8 Å². The molecule has 0 bridgehead atoms. The largest absolute Gasteiger partial charge is 0.452 e. The number of rotatable bonds is 3. The van der Waals surface area contributed by atoms with Gasteiger partial charge in [0.15, 0.2) is 0 Å². The zero-order chi connectivity index (χ0) is 14.7. The normalized spacial score (nSPS) is 10.2. The monoisotopic (exact) mass is 276 g/mol. The van der Waals surface area contributed by atoms with Crippen molar-refractivity contribution in [2.75, 3.05) is 12.5 Å². The number of anilines is 1. The molecule has 2 rings (SSSR count). The van der Waals surface area contributed by atoms with Gasteiger partial charge in [0.25, 0.3) is 5.56 Å². The molecule has 0 radical (unpaired) electrons. The molecular formula is C13H16N4O3. The van der Waals surface area contributed by atoms with Crippen LogP contribution in [0.1, 0.15) is 5.69 Å². The van der Waals surface area contributed by atoms with Gasteiger partial charge in [0.1, 0.15) is 5.69 Å². The summed E-state index contributed by atoms with van der Waals surface area (Å²) in [6, 6.07) is 9.24. The zero-order valence-electron chi connectivity index (χ0n) is 11.5. The third-order valence-electron chi connectivity index (χ3n) is 3.03. The standard InChI is InChI=1S/C13H16N4O3/c1-9-11(14-15-13(19)20-3)12(18)17(16(9)2)10-7-5-4-6-8-10/h4-8,14H,1-3H3,(H,15,19). The Labute approximate surface area is 115 Å². The zero-order valence-corrected chi connectivity index (χ0v) is 11.5. The quantitative estimate of drug-likeness (QED) is 0.825. The number of aromatic nitrogens is 2. The topological polar surface area (TPSA) is 77.3 Å². The summed E-state index contributed by atoms with van der Waals surface area (Å²) >= 11 is 0. The van der Waals surface area contributed by atoms with Crippen molar-refractivity contribution < 1.29 is 9.53 Å². The molecule has 7 nitrogen and oxygen atoms in total. The van der Waals surface area contributed by atoms with Crippen molar-refractivity contribution in [2.24, 2.45) is 7.05 Å². The second-order valence-corrected chi connectivity index (χ2v) is 4.18. The second-order valence-electron chi connectivity index (χ2n) is 4.18. The molecular weight excluding hydrogens is 260 g/mol. The molecule has 2 aromatic rings. The van der Waals surface area contributed by atoms with Crippen LogP contribution in [0, 0.1) is 6.92 Å². The Balaban J connectivity index is 2.42. The number of methoxy groups -OCH3 is 1. The Hall–Kier alpha value is -2.70. The Bertz CT molecular complexity index is 673. The van der Waals surface area contributed by atoms with E-state index in [-0.39, 0.29) is 5.56 Å². The summed E-state index contributed by atoms with van der Waals surface area (Å²) in [4.78, 5) is 23.5. The van der Waals surface area contributed by atoms with Crippen LogP contribution in [0.25, 0.3) is 5.69 Å². The Morgan fingerprint density at radius 1 is 1.25 bits per heavy atom. The molecule has 1 aromatic heterocycles. The minimum absolute atomic E-state index is 0.257. The molecule has 0 saturated heterocycles. The van der Waals surface area contributed by atoms with E-state index in [0.717, 1.165) is 5.69 Å². The molecule has 1 amide bonds. The maximum absolute atomic E-state index is 12.4. The highest BCUT2D eigenvalue weighted by Crippen LogP contribution is 2.12. The number of carbonyl (C=O) groups excluding carboxylic acids is 1. The van der Waals surface area contributed by atoms with Crippen LogP contribution in [-0.2, 0) is 11.8 Å². The average Bonchev–Trinajstić information content (AvgIpc) is 2.68. The molecule has 0 fully saturated rings. The van der Waals surface area contributed by atoms with Gasteiger partial charge in [0.2, 0.25) is 0 Å². The van der Waals surface area contributed by atoms with E-state index in [1.165, 1.54) is 11.8 Å². The molecule has 0 aliphatic carbocycles. The summed E-state index contributed by atoms with van der Waals surface area (Å²) in [5, 5.41) is 0. The van der Waals surface area contributed by atoms with Crippen molar-refractivity contribution in [1.29, 1.82) is 0 Å². The van der Waals surface area contributed by atoms with Crippen LogP contribution in [0.3, 0.4) is 0 Å². The highest BCUT2D eigenvalue weighted by Gasteiger charge is 2.16. The fourth-order valence-electron chi connectivity index (χ4n) is 1.88. The molecule has 106 valence electrons. The third kappa shape index (κ3) is 2.37. The lowest BCUT2D eigenvalue weighted by molar-refractivity contribution is 0.173. The Kier molecular flexibility index (Phi) is 3.79. The predicted octanol–water partition coefficient (Wildman–Crippen LogP) is 1.17. The molecule has 0 atom stereocenters. The highest BCUT2D eigenvalue weighted by molar-refractivity contribution is 5.69. The summed E-state index contributed by atoms with van der Waals surface area (Å²) in [5.41, 5.74) is 6.34. The number of nitrogens with one attached hydrogen (secondary N) is 2. The van der Waals surface area contributed by atoms with Crippen molar-refractivity contribution in [3.63, 3.8) is 0 Å². The van der Waals surface area contributed by atoms with E-state index < -0.39 is 6.09 Å². The van der Waals surface area contributed by atoms with E-state index in [1.807, 2.05) is 30.3 Å². The molecule has 0 aliphatic rings. The van der Waals surface area contributed by atoms with E-state index >= 15 is 0 Å². The first kappa shape index (κ1) is 13.7. The number of nitrogens with zero attached hydrogens (tertiary/aromatic N) is 2. The second kappa shape index (κ2) is 5.52. The molecule has 1 aromatic carbocycles. The lowest BCUT2D eigenvalue weighted by Gasteiger charge is -2.07. The van der Waals surface area contributed by atoms with E-state index in [9.17, 15) is 9.59 Å². The van der Waals surface area contributed by atoms with Crippen molar-refractivity contribution in [2.45, 2.75) is 6.92 Å². The van der Waals surface area contributed by atoms with Gasteiger partial charge >= 0.3 is 6.09 Å². The van der Waals surface area contributed by atoms with Crippen LogP contribution in [0.15, 0.2) is 35.1 Å². The fourth-order valence-corrected chi connectivity index (χ4v) is 1.88. The number of para-hydroxylation sites is 1. The summed E-state index contributed by atoms with van der Waals surface area (Å²) in [6.07, 6.45) is -0.668.